The Hall–Kier alpha value is -1.95. The van der Waals surface area contributed by atoms with Gasteiger partial charge in [-0.15, -0.1) is 0 Å². The summed E-state index contributed by atoms with van der Waals surface area (Å²) in [5, 5.41) is 6.66. The summed E-state index contributed by atoms with van der Waals surface area (Å²) in [5.74, 6) is -0.184. The van der Waals surface area contributed by atoms with Crippen LogP contribution in [0, 0.1) is 0 Å². The van der Waals surface area contributed by atoms with Crippen molar-refractivity contribution in [2.75, 3.05) is 6.54 Å². The molecule has 0 unspecified atom stereocenters. The normalized spacial score (nSPS) is 10.2. The molecule has 1 aromatic heterocycles. The predicted molar refractivity (Wildman–Crippen MR) is 75.0 cm³/mol. The molecule has 1 amide bonds. The van der Waals surface area contributed by atoms with Crippen LogP contribution in [0.3, 0.4) is 0 Å². The smallest absolute Gasteiger partial charge is 0.266 e. The Bertz CT molecular complexity index is 640. The van der Waals surface area contributed by atoms with Crippen LogP contribution in [-0.2, 0) is 6.54 Å². The highest BCUT2D eigenvalue weighted by atomic mass is 79.9. The highest BCUT2D eigenvalue weighted by molar-refractivity contribution is 9.10. The number of carbonyl (C=O) groups excluding carboxylic acids is 1. The van der Waals surface area contributed by atoms with Crippen molar-refractivity contribution in [3.8, 4) is 0 Å². The van der Waals surface area contributed by atoms with Gasteiger partial charge in [0.1, 0.15) is 0 Å². The molecule has 0 saturated carbocycles. The van der Waals surface area contributed by atoms with Crippen LogP contribution in [0.2, 0.25) is 0 Å². The second-order valence-electron chi connectivity index (χ2n) is 3.82. The summed E-state index contributed by atoms with van der Waals surface area (Å²) in [6, 6.07) is 10.2. The van der Waals surface area contributed by atoms with E-state index in [-0.39, 0.29) is 11.5 Å². The first-order chi connectivity index (χ1) is 9.18. The van der Waals surface area contributed by atoms with Gasteiger partial charge in [-0.25, -0.2) is 4.68 Å². The monoisotopic (exact) mass is 321 g/mol. The highest BCUT2D eigenvalue weighted by Crippen LogP contribution is 2.15. The van der Waals surface area contributed by atoms with Gasteiger partial charge in [0, 0.05) is 23.3 Å². The Morgan fingerprint density at radius 1 is 1.26 bits per heavy atom. The van der Waals surface area contributed by atoms with Gasteiger partial charge in [0.2, 0.25) is 0 Å². The van der Waals surface area contributed by atoms with Crippen LogP contribution in [0.15, 0.2) is 51.9 Å². The zero-order chi connectivity index (χ0) is 13.7. The van der Waals surface area contributed by atoms with Crippen molar-refractivity contribution in [1.82, 2.24) is 15.1 Å². The van der Waals surface area contributed by atoms with Crippen LogP contribution < -0.4 is 10.9 Å². The number of carbonyl (C=O) groups is 1. The Morgan fingerprint density at radius 2 is 2.05 bits per heavy atom. The molecule has 6 heteroatoms. The van der Waals surface area contributed by atoms with Crippen LogP contribution in [0.1, 0.15) is 10.4 Å². The summed E-state index contributed by atoms with van der Waals surface area (Å²) in [4.78, 5) is 23.3. The van der Waals surface area contributed by atoms with E-state index < -0.39 is 0 Å². The Labute approximate surface area is 118 Å². The molecule has 19 heavy (non-hydrogen) atoms. The van der Waals surface area contributed by atoms with Crippen LogP contribution in [0.25, 0.3) is 0 Å². The number of amides is 1. The fourth-order valence-electron chi connectivity index (χ4n) is 1.57. The van der Waals surface area contributed by atoms with E-state index in [2.05, 4.69) is 26.3 Å². The minimum Gasteiger partial charge on any atom is -0.350 e. The Balaban J connectivity index is 1.94. The first-order valence-electron chi connectivity index (χ1n) is 5.73. The maximum atomic E-state index is 11.9. The van der Waals surface area contributed by atoms with Crippen molar-refractivity contribution < 1.29 is 4.79 Å². The summed E-state index contributed by atoms with van der Waals surface area (Å²) in [6.07, 6.45) is 1.54. The average molecular weight is 322 g/mol. The summed E-state index contributed by atoms with van der Waals surface area (Å²) < 4.78 is 2.04. The molecule has 5 nitrogen and oxygen atoms in total. The van der Waals surface area contributed by atoms with E-state index >= 15 is 0 Å². The molecule has 0 atom stereocenters. The van der Waals surface area contributed by atoms with Crippen LogP contribution in [0.4, 0.5) is 0 Å². The lowest BCUT2D eigenvalue weighted by molar-refractivity contribution is 0.0951. The number of hydrogen-bond donors (Lipinski definition) is 1. The van der Waals surface area contributed by atoms with Gasteiger partial charge in [-0.1, -0.05) is 12.1 Å². The first-order valence-corrected chi connectivity index (χ1v) is 6.52. The van der Waals surface area contributed by atoms with Crippen LogP contribution in [-0.4, -0.2) is 22.2 Å². The summed E-state index contributed by atoms with van der Waals surface area (Å²) in [5.41, 5.74) is 0.383. The van der Waals surface area contributed by atoms with Crippen molar-refractivity contribution in [1.29, 1.82) is 0 Å². The van der Waals surface area contributed by atoms with Gasteiger partial charge in [0.05, 0.1) is 12.1 Å². The molecule has 98 valence electrons. The van der Waals surface area contributed by atoms with Crippen LogP contribution in [0.5, 0.6) is 0 Å². The van der Waals surface area contributed by atoms with E-state index in [4.69, 9.17) is 0 Å². The number of nitrogens with one attached hydrogen (secondary N) is 1. The molecule has 0 aliphatic rings. The zero-order valence-corrected chi connectivity index (χ0v) is 11.6. The first kappa shape index (κ1) is 13.5. The molecule has 0 spiro atoms. The second kappa shape index (κ2) is 6.29. The summed E-state index contributed by atoms with van der Waals surface area (Å²) in [6.45, 7) is 0.687. The van der Waals surface area contributed by atoms with Crippen molar-refractivity contribution in [2.45, 2.75) is 6.54 Å². The quantitative estimate of drug-likeness (QED) is 0.926. The van der Waals surface area contributed by atoms with Crippen LogP contribution >= 0.6 is 15.9 Å². The van der Waals surface area contributed by atoms with E-state index in [0.717, 1.165) is 4.47 Å². The number of benzene rings is 1. The van der Waals surface area contributed by atoms with Gasteiger partial charge in [-0.05, 0) is 34.1 Å². The molecule has 1 aromatic carbocycles. The lowest BCUT2D eigenvalue weighted by Crippen LogP contribution is -2.31. The third-order valence-corrected chi connectivity index (χ3v) is 3.20. The molecular weight excluding hydrogens is 310 g/mol. The predicted octanol–water partition coefficient (Wildman–Crippen LogP) is 1.44. The van der Waals surface area contributed by atoms with Crippen molar-refractivity contribution in [2.24, 2.45) is 0 Å². The van der Waals surface area contributed by atoms with E-state index in [9.17, 15) is 9.59 Å². The van der Waals surface area contributed by atoms with Gasteiger partial charge in [-0.3, -0.25) is 9.59 Å². The van der Waals surface area contributed by atoms with Crippen molar-refractivity contribution in [3.05, 3.63) is 63.0 Å². The van der Waals surface area contributed by atoms with E-state index in [1.807, 2.05) is 6.07 Å². The molecule has 0 bridgehead atoms. The van der Waals surface area contributed by atoms with E-state index in [0.29, 0.717) is 18.7 Å². The molecule has 1 heterocycles. The third-order valence-electron chi connectivity index (χ3n) is 2.51. The third kappa shape index (κ3) is 3.51. The molecule has 0 fully saturated rings. The molecule has 0 radical (unpaired) electrons. The molecule has 0 aliphatic carbocycles. The van der Waals surface area contributed by atoms with Gasteiger partial charge in [-0.2, -0.15) is 5.10 Å². The SMILES string of the molecule is O=C(NCCn1ncccc1=O)c1ccccc1Br. The van der Waals surface area contributed by atoms with Gasteiger partial charge < -0.3 is 5.32 Å². The Kier molecular flexibility index (Phi) is 4.46. The van der Waals surface area contributed by atoms with Gasteiger partial charge in [0.25, 0.3) is 11.5 Å². The van der Waals surface area contributed by atoms with Gasteiger partial charge >= 0.3 is 0 Å². The van der Waals surface area contributed by atoms with E-state index in [1.54, 1.807) is 24.3 Å². The molecular formula is C13H12BrN3O2. The standard InChI is InChI=1S/C13H12BrN3O2/c14-11-5-2-1-4-10(11)13(19)15-8-9-17-12(18)6-3-7-16-17/h1-7H,8-9H2,(H,15,19). The fraction of sp³-hybridized carbons (Fsp3) is 0.154. The van der Waals surface area contributed by atoms with Crippen molar-refractivity contribution in [3.63, 3.8) is 0 Å². The number of rotatable bonds is 4. The topological polar surface area (TPSA) is 64.0 Å². The average Bonchev–Trinajstić information content (AvgIpc) is 2.41. The number of hydrogen-bond acceptors (Lipinski definition) is 3. The lowest BCUT2D eigenvalue weighted by Gasteiger charge is -2.07. The number of nitrogens with zero attached hydrogens (tertiary/aromatic N) is 2. The largest absolute Gasteiger partial charge is 0.350 e. The molecule has 1 N–H and O–H groups in total. The second-order valence-corrected chi connectivity index (χ2v) is 4.68. The van der Waals surface area contributed by atoms with Gasteiger partial charge in [0.15, 0.2) is 0 Å². The minimum absolute atomic E-state index is 0.183. The number of halogens is 1. The fourth-order valence-corrected chi connectivity index (χ4v) is 2.04. The maximum absolute atomic E-state index is 11.9. The molecule has 0 saturated heterocycles. The lowest BCUT2D eigenvalue weighted by atomic mass is 10.2. The summed E-state index contributed by atoms with van der Waals surface area (Å²) >= 11 is 3.32. The van der Waals surface area contributed by atoms with E-state index in [1.165, 1.54) is 16.9 Å². The Morgan fingerprint density at radius 3 is 2.79 bits per heavy atom. The highest BCUT2D eigenvalue weighted by Gasteiger charge is 2.08. The number of aromatic nitrogens is 2. The minimum atomic E-state index is -0.184. The molecule has 0 aliphatic heterocycles. The molecule has 2 aromatic rings. The maximum Gasteiger partial charge on any atom is 0.266 e. The molecule has 2 rings (SSSR count). The van der Waals surface area contributed by atoms with Crippen molar-refractivity contribution >= 4 is 21.8 Å². The zero-order valence-electron chi connectivity index (χ0n) is 10.0. The summed E-state index contributed by atoms with van der Waals surface area (Å²) in [7, 11) is 0.